The number of nitrogens with one attached hydrogen (secondary N) is 2. The molecule has 5 nitrogen and oxygen atoms in total. The number of nitrogens with zero attached hydrogens (tertiary/aromatic N) is 2. The van der Waals surface area contributed by atoms with Crippen molar-refractivity contribution in [3.63, 3.8) is 0 Å². The molecular weight excluding hydrogens is 252 g/mol. The van der Waals surface area contributed by atoms with Crippen molar-refractivity contribution in [1.82, 2.24) is 15.1 Å². The van der Waals surface area contributed by atoms with E-state index < -0.39 is 0 Å². The number of benzene rings is 1. The summed E-state index contributed by atoms with van der Waals surface area (Å²) in [6, 6.07) is 7.95. The molecule has 5 heteroatoms. The maximum atomic E-state index is 11.8. The van der Waals surface area contributed by atoms with Crippen LogP contribution >= 0.6 is 0 Å². The molecule has 0 unspecified atom stereocenters. The van der Waals surface area contributed by atoms with Gasteiger partial charge in [0, 0.05) is 42.6 Å². The highest BCUT2D eigenvalue weighted by molar-refractivity contribution is 5.94. The summed E-state index contributed by atoms with van der Waals surface area (Å²) in [6.45, 7) is 0.724. The van der Waals surface area contributed by atoms with Gasteiger partial charge in [-0.05, 0) is 37.1 Å². The topological polar surface area (TPSA) is 59.0 Å². The summed E-state index contributed by atoms with van der Waals surface area (Å²) < 4.78 is 1.78. The van der Waals surface area contributed by atoms with Gasteiger partial charge >= 0.3 is 0 Å². The van der Waals surface area contributed by atoms with Gasteiger partial charge in [0.15, 0.2) is 0 Å². The number of aromatic nitrogens is 2. The van der Waals surface area contributed by atoms with Crippen molar-refractivity contribution in [2.75, 3.05) is 5.32 Å². The molecule has 0 radical (unpaired) electrons. The molecule has 2 aromatic rings. The van der Waals surface area contributed by atoms with Gasteiger partial charge in [-0.3, -0.25) is 9.48 Å². The molecule has 1 heterocycles. The van der Waals surface area contributed by atoms with E-state index in [2.05, 4.69) is 15.7 Å². The molecule has 2 N–H and O–H groups in total. The predicted molar refractivity (Wildman–Crippen MR) is 77.5 cm³/mol. The smallest absolute Gasteiger partial charge is 0.251 e. The Morgan fingerprint density at radius 3 is 2.70 bits per heavy atom. The van der Waals surface area contributed by atoms with Crippen molar-refractivity contribution < 1.29 is 4.79 Å². The van der Waals surface area contributed by atoms with Crippen molar-refractivity contribution in [2.45, 2.75) is 25.4 Å². The van der Waals surface area contributed by atoms with Gasteiger partial charge in [-0.1, -0.05) is 0 Å². The van der Waals surface area contributed by atoms with Crippen molar-refractivity contribution >= 4 is 11.6 Å². The van der Waals surface area contributed by atoms with E-state index in [1.165, 1.54) is 0 Å². The zero-order valence-corrected chi connectivity index (χ0v) is 11.5. The van der Waals surface area contributed by atoms with E-state index in [1.54, 1.807) is 4.68 Å². The van der Waals surface area contributed by atoms with Crippen molar-refractivity contribution in [1.29, 1.82) is 0 Å². The second-order valence-corrected chi connectivity index (χ2v) is 5.20. The Labute approximate surface area is 118 Å². The van der Waals surface area contributed by atoms with Gasteiger partial charge in [0.1, 0.15) is 0 Å². The monoisotopic (exact) mass is 270 g/mol. The predicted octanol–water partition coefficient (Wildman–Crippen LogP) is 1.92. The van der Waals surface area contributed by atoms with Crippen LogP contribution in [-0.4, -0.2) is 21.7 Å². The Morgan fingerprint density at radius 2 is 2.10 bits per heavy atom. The molecule has 0 spiro atoms. The molecule has 1 aromatic heterocycles. The number of hydrogen-bond acceptors (Lipinski definition) is 3. The minimum absolute atomic E-state index is 0.0197. The van der Waals surface area contributed by atoms with Crippen molar-refractivity contribution in [3.05, 3.63) is 47.8 Å². The van der Waals surface area contributed by atoms with Gasteiger partial charge in [-0.15, -0.1) is 0 Å². The number of anilines is 1. The third-order valence-corrected chi connectivity index (χ3v) is 3.31. The van der Waals surface area contributed by atoms with Crippen LogP contribution in [0.4, 0.5) is 5.69 Å². The lowest BCUT2D eigenvalue weighted by molar-refractivity contribution is 0.0951. The lowest BCUT2D eigenvalue weighted by atomic mass is 10.2. The molecule has 1 aromatic carbocycles. The summed E-state index contributed by atoms with van der Waals surface area (Å²) >= 11 is 0. The van der Waals surface area contributed by atoms with E-state index in [-0.39, 0.29) is 5.91 Å². The molecule has 0 bridgehead atoms. The molecule has 1 fully saturated rings. The summed E-state index contributed by atoms with van der Waals surface area (Å²) in [4.78, 5) is 11.8. The first kappa shape index (κ1) is 12.7. The van der Waals surface area contributed by atoms with E-state index in [4.69, 9.17) is 0 Å². The van der Waals surface area contributed by atoms with E-state index in [1.807, 2.05) is 43.7 Å². The molecule has 1 saturated carbocycles. The third kappa shape index (κ3) is 3.17. The van der Waals surface area contributed by atoms with Gasteiger partial charge in [-0.25, -0.2) is 0 Å². The molecule has 104 valence electrons. The highest BCUT2D eigenvalue weighted by Crippen LogP contribution is 2.19. The third-order valence-electron chi connectivity index (χ3n) is 3.31. The normalized spacial score (nSPS) is 14.1. The van der Waals surface area contributed by atoms with E-state index in [0.717, 1.165) is 30.6 Å². The maximum Gasteiger partial charge on any atom is 0.251 e. The molecule has 0 aliphatic heterocycles. The number of rotatable bonds is 5. The Morgan fingerprint density at radius 1 is 1.35 bits per heavy atom. The van der Waals surface area contributed by atoms with Crippen molar-refractivity contribution in [3.8, 4) is 0 Å². The molecule has 0 atom stereocenters. The Balaban J connectivity index is 1.56. The van der Waals surface area contributed by atoms with Crippen molar-refractivity contribution in [2.24, 2.45) is 7.05 Å². The largest absolute Gasteiger partial charge is 0.381 e. The summed E-state index contributed by atoms with van der Waals surface area (Å²) in [5.41, 5.74) is 2.84. The zero-order chi connectivity index (χ0) is 13.9. The van der Waals surface area contributed by atoms with Crippen LogP contribution in [0, 0.1) is 0 Å². The van der Waals surface area contributed by atoms with Gasteiger partial charge in [0.2, 0.25) is 0 Å². The molecule has 1 aliphatic rings. The fourth-order valence-electron chi connectivity index (χ4n) is 2.00. The van der Waals surface area contributed by atoms with Crippen LogP contribution in [0.1, 0.15) is 28.8 Å². The maximum absolute atomic E-state index is 11.8. The highest BCUT2D eigenvalue weighted by Gasteiger charge is 2.23. The lowest BCUT2D eigenvalue weighted by Crippen LogP contribution is -2.25. The number of carbonyl (C=O) groups excluding carboxylic acids is 1. The molecule has 20 heavy (non-hydrogen) atoms. The van der Waals surface area contributed by atoms with Crippen LogP contribution in [0.25, 0.3) is 0 Å². The second-order valence-electron chi connectivity index (χ2n) is 5.20. The average Bonchev–Trinajstić information content (AvgIpc) is 3.17. The Hall–Kier alpha value is -2.30. The average molecular weight is 270 g/mol. The minimum Gasteiger partial charge on any atom is -0.381 e. The zero-order valence-electron chi connectivity index (χ0n) is 11.5. The SMILES string of the molecule is Cn1cc(CNc2ccc(C(=O)NC3CC3)cc2)cn1. The highest BCUT2D eigenvalue weighted by atomic mass is 16.1. The summed E-state index contributed by atoms with van der Waals surface area (Å²) in [6.07, 6.45) is 6.03. The minimum atomic E-state index is 0.0197. The molecule has 1 aliphatic carbocycles. The number of carbonyl (C=O) groups is 1. The quantitative estimate of drug-likeness (QED) is 0.872. The van der Waals surface area contributed by atoms with Crippen LogP contribution in [0.2, 0.25) is 0 Å². The standard InChI is InChI=1S/C15H18N4O/c1-19-10-11(9-17-19)8-16-13-4-2-12(3-5-13)15(20)18-14-6-7-14/h2-5,9-10,14,16H,6-8H2,1H3,(H,18,20). The van der Waals surface area contributed by atoms with Gasteiger partial charge in [0.05, 0.1) is 6.20 Å². The van der Waals surface area contributed by atoms with Crippen LogP contribution in [0.5, 0.6) is 0 Å². The van der Waals surface area contributed by atoms with Gasteiger partial charge < -0.3 is 10.6 Å². The lowest BCUT2D eigenvalue weighted by Gasteiger charge is -2.07. The number of hydrogen-bond donors (Lipinski definition) is 2. The van der Waals surface area contributed by atoms with Crippen LogP contribution in [-0.2, 0) is 13.6 Å². The Bertz CT molecular complexity index is 599. The second kappa shape index (κ2) is 5.36. The van der Waals surface area contributed by atoms with Crippen LogP contribution in [0.15, 0.2) is 36.7 Å². The Kier molecular flexibility index (Phi) is 3.41. The first-order chi connectivity index (χ1) is 9.70. The van der Waals surface area contributed by atoms with Gasteiger partial charge in [-0.2, -0.15) is 5.10 Å². The van der Waals surface area contributed by atoms with E-state index in [9.17, 15) is 4.79 Å². The summed E-state index contributed by atoms with van der Waals surface area (Å²) in [5.74, 6) is 0.0197. The van der Waals surface area contributed by atoms with Crippen LogP contribution < -0.4 is 10.6 Å². The van der Waals surface area contributed by atoms with E-state index >= 15 is 0 Å². The molecule has 3 rings (SSSR count). The fraction of sp³-hybridized carbons (Fsp3) is 0.333. The number of amides is 1. The molecular formula is C15H18N4O. The first-order valence-corrected chi connectivity index (χ1v) is 6.83. The molecule has 0 saturated heterocycles. The fourth-order valence-corrected chi connectivity index (χ4v) is 2.00. The van der Waals surface area contributed by atoms with Gasteiger partial charge in [0.25, 0.3) is 5.91 Å². The molecule has 1 amide bonds. The van der Waals surface area contributed by atoms with E-state index in [0.29, 0.717) is 11.6 Å². The summed E-state index contributed by atoms with van der Waals surface area (Å²) in [7, 11) is 1.90. The van der Waals surface area contributed by atoms with Crippen LogP contribution in [0.3, 0.4) is 0 Å². The summed E-state index contributed by atoms with van der Waals surface area (Å²) in [5, 5.41) is 10.4. The first-order valence-electron chi connectivity index (χ1n) is 6.83. The number of aryl methyl sites for hydroxylation is 1.